The Labute approximate surface area is 429 Å². The summed E-state index contributed by atoms with van der Waals surface area (Å²) in [5, 5.41) is -10.1. The van der Waals surface area contributed by atoms with E-state index >= 15 is 26.3 Å². The van der Waals surface area contributed by atoms with Crippen LogP contribution >= 0.6 is 0 Å². The lowest BCUT2D eigenvalue weighted by molar-refractivity contribution is -0.243. The lowest BCUT2D eigenvalue weighted by Crippen LogP contribution is -2.63. The van der Waals surface area contributed by atoms with Crippen molar-refractivity contribution in [3.8, 4) is 28.2 Å². The number of hydrogen-bond donors (Lipinski definition) is 3. The Balaban J connectivity index is 1.31. The van der Waals surface area contributed by atoms with Crippen molar-refractivity contribution in [2.45, 2.75) is 55.9 Å². The predicted molar refractivity (Wildman–Crippen MR) is 275 cm³/mol. The molecule has 0 radical (unpaired) electrons. The van der Waals surface area contributed by atoms with E-state index in [0.717, 1.165) is 68.9 Å². The van der Waals surface area contributed by atoms with Crippen molar-refractivity contribution in [3.05, 3.63) is 155 Å². The first-order chi connectivity index (χ1) is 35.1. The number of alkyl halides is 6. The van der Waals surface area contributed by atoms with E-state index in [1.165, 1.54) is 30.3 Å². The van der Waals surface area contributed by atoms with Crippen LogP contribution in [0.3, 0.4) is 0 Å². The summed E-state index contributed by atoms with van der Waals surface area (Å²) in [6, 6.07) is 25.1. The summed E-state index contributed by atoms with van der Waals surface area (Å²) in [5.41, 5.74) is 5.53. The van der Waals surface area contributed by atoms with Crippen molar-refractivity contribution in [2.24, 2.45) is 4.99 Å². The van der Waals surface area contributed by atoms with Gasteiger partial charge in [0.15, 0.2) is 0 Å². The van der Waals surface area contributed by atoms with Crippen LogP contribution in [-0.4, -0.2) is 75.2 Å². The van der Waals surface area contributed by atoms with Crippen molar-refractivity contribution in [1.82, 2.24) is 4.13 Å². The molecule has 7 rings (SSSR count). The quantitative estimate of drug-likeness (QED) is 0.0352. The summed E-state index contributed by atoms with van der Waals surface area (Å²) in [7, 11) is -18.8. The fourth-order valence-corrected chi connectivity index (χ4v) is 12.4. The third-order valence-corrected chi connectivity index (χ3v) is 16.8. The molecule has 5 aromatic rings. The number of fused-ring (bicyclic) bond motifs is 2. The van der Waals surface area contributed by atoms with Gasteiger partial charge >= 0.3 is 26.5 Å². The Hall–Kier alpha value is -6.76. The van der Waals surface area contributed by atoms with Crippen molar-refractivity contribution in [1.29, 1.82) is 0 Å². The first-order valence-corrected chi connectivity index (χ1v) is 27.1. The molecular weight excluding hydrogens is 1050 g/mol. The van der Waals surface area contributed by atoms with Gasteiger partial charge in [0.2, 0.25) is 0 Å². The highest BCUT2D eigenvalue weighted by Crippen LogP contribution is 2.51. The second-order valence-electron chi connectivity index (χ2n) is 17.4. The Bertz CT molecular complexity index is 3660. The first kappa shape index (κ1) is 56.0. The number of anilines is 3. The number of nitrogens with one attached hydrogen (secondary N) is 3. The van der Waals surface area contributed by atoms with Gasteiger partial charge in [0.05, 0.1) is 35.8 Å². The van der Waals surface area contributed by atoms with Crippen LogP contribution in [0, 0.1) is 34.6 Å². The molecule has 5 aromatic carbocycles. The standard InChI is InChI=1S/C52H50F6N4O10S3/c1-8-36-13-15-37(16-14-36)61-74(65,66)51(55,56)50(53,54)52(57,58)75(67,68)62-73(63,64)46-12-10-9-11-43(46)47-41-19-17-38(59-48-32(3)25-31(2)26-33(48)4)29-44(41)72-45-30-39(18-20-42(45)47)60-49-34(5)27-40(28-35(49)6)71-24-23-70-22-21-69-7/h8-20,25-30,60-62H,1,21-24H2,2-7H3. The molecule has 0 atom stereocenters. The second kappa shape index (κ2) is 21.5. The number of sulfonamides is 3. The van der Waals surface area contributed by atoms with E-state index in [1.54, 1.807) is 31.4 Å². The van der Waals surface area contributed by atoms with Gasteiger partial charge in [-0.15, -0.1) is 0 Å². The van der Waals surface area contributed by atoms with Crippen LogP contribution < -0.4 is 24.3 Å². The molecule has 0 amide bonds. The van der Waals surface area contributed by atoms with Crippen molar-refractivity contribution < 1.29 is 70.2 Å². The van der Waals surface area contributed by atoms with E-state index < -0.39 is 57.1 Å². The van der Waals surface area contributed by atoms with Gasteiger partial charge in [-0.1, -0.05) is 64.8 Å². The minimum Gasteiger partial charge on any atom is -0.491 e. The number of rotatable bonds is 21. The fraction of sp³-hybridized carbons (Fsp3) is 0.250. The highest BCUT2D eigenvalue weighted by molar-refractivity contribution is 8.05. The number of halogens is 6. The van der Waals surface area contributed by atoms with Gasteiger partial charge < -0.3 is 23.9 Å². The average Bonchev–Trinajstić information content (AvgIpc) is 3.33. The van der Waals surface area contributed by atoms with Gasteiger partial charge in [0.25, 0.3) is 20.0 Å². The summed E-state index contributed by atoms with van der Waals surface area (Å²) in [6.45, 7) is 14.3. The lowest BCUT2D eigenvalue weighted by Gasteiger charge is -2.31. The zero-order chi connectivity index (χ0) is 54.9. The van der Waals surface area contributed by atoms with Crippen LogP contribution in [0.2, 0.25) is 0 Å². The zero-order valence-electron chi connectivity index (χ0n) is 41.0. The summed E-state index contributed by atoms with van der Waals surface area (Å²) in [5.74, 6) is -6.63. The van der Waals surface area contributed by atoms with Crippen LogP contribution in [0.15, 0.2) is 130 Å². The highest BCUT2D eigenvalue weighted by atomic mass is 32.3. The number of aryl methyl sites for hydroxylation is 5. The molecule has 14 nitrogen and oxygen atoms in total. The van der Waals surface area contributed by atoms with Gasteiger partial charge in [-0.2, -0.15) is 34.8 Å². The van der Waals surface area contributed by atoms with Gasteiger partial charge in [0.1, 0.15) is 23.7 Å². The van der Waals surface area contributed by atoms with Crippen LogP contribution in [0.4, 0.5) is 49.1 Å². The molecule has 398 valence electrons. The average molecular weight is 1100 g/mol. The van der Waals surface area contributed by atoms with E-state index in [9.17, 15) is 25.3 Å². The second-order valence-corrected chi connectivity index (χ2v) is 22.7. The van der Waals surface area contributed by atoms with Gasteiger partial charge in [-0.05, 0) is 117 Å². The third-order valence-electron chi connectivity index (χ3n) is 11.8. The van der Waals surface area contributed by atoms with E-state index in [0.29, 0.717) is 57.7 Å². The van der Waals surface area contributed by atoms with Gasteiger partial charge in [0, 0.05) is 58.4 Å². The Morgan fingerprint density at radius 3 is 1.92 bits per heavy atom. The van der Waals surface area contributed by atoms with Crippen molar-refractivity contribution in [3.63, 3.8) is 0 Å². The lowest BCUT2D eigenvalue weighted by atomic mass is 9.93. The van der Waals surface area contributed by atoms with Crippen LogP contribution in [0.1, 0.15) is 33.4 Å². The molecule has 0 aromatic heterocycles. The van der Waals surface area contributed by atoms with Gasteiger partial charge in [-0.3, -0.25) is 4.72 Å². The summed E-state index contributed by atoms with van der Waals surface area (Å²) >= 11 is 0. The number of ether oxygens (including phenoxy) is 3. The van der Waals surface area contributed by atoms with Crippen molar-refractivity contribution in [2.75, 3.05) is 43.6 Å². The third kappa shape index (κ3) is 11.3. The Kier molecular flexibility index (Phi) is 16.0. The van der Waals surface area contributed by atoms with E-state index in [4.69, 9.17) is 23.6 Å². The molecule has 23 heteroatoms. The molecule has 0 saturated carbocycles. The first-order valence-electron chi connectivity index (χ1n) is 22.6. The SMILES string of the molecule is C=Cc1ccc(NS(=O)(=O)C(F)(F)C(F)(F)C(F)(F)S(=O)(=O)NS(=O)(=O)c2ccccc2-c2c3ccc(=Nc4c(C)cc(C)cc4C)cc-3oc3cc(Nc4c(C)cc(OCCOCCOC)cc4C)ccc23)cc1. The van der Waals surface area contributed by atoms with E-state index in [-0.39, 0.29) is 40.0 Å². The van der Waals surface area contributed by atoms with E-state index in [2.05, 4.69) is 11.9 Å². The number of hydrogen-bond acceptors (Lipinski definition) is 12. The van der Waals surface area contributed by atoms with Crippen LogP contribution in [0.5, 0.6) is 5.75 Å². The summed E-state index contributed by atoms with van der Waals surface area (Å²) < 4.78 is 197. The smallest absolute Gasteiger partial charge is 0.433 e. The molecule has 0 unspecified atom stereocenters. The molecule has 75 heavy (non-hydrogen) atoms. The number of benzene rings is 6. The Morgan fingerprint density at radius 1 is 0.667 bits per heavy atom. The normalized spacial score (nSPS) is 13.1. The largest absolute Gasteiger partial charge is 0.491 e. The molecule has 0 bridgehead atoms. The number of nitrogens with zero attached hydrogens (tertiary/aromatic N) is 1. The maximum Gasteiger partial charge on any atom is 0.433 e. The number of methoxy groups -OCH3 is 1. The molecule has 1 heterocycles. The molecule has 3 N–H and O–H groups in total. The molecular formula is C52H50F6N4O10S3. The molecule has 0 spiro atoms. The van der Waals surface area contributed by atoms with Crippen LogP contribution in [-0.2, 0) is 39.5 Å². The monoisotopic (exact) mass is 1100 g/mol. The minimum atomic E-state index is -7.49. The molecule has 1 aliphatic carbocycles. The van der Waals surface area contributed by atoms with Crippen LogP contribution in [0.25, 0.3) is 39.5 Å². The molecule has 1 aliphatic heterocycles. The fourth-order valence-electron chi connectivity index (χ4n) is 8.17. The molecule has 0 fully saturated rings. The van der Waals surface area contributed by atoms with Crippen molar-refractivity contribution >= 4 is 69.9 Å². The molecule has 0 saturated heterocycles. The zero-order valence-corrected chi connectivity index (χ0v) is 43.5. The maximum absolute atomic E-state index is 15.7. The predicted octanol–water partition coefficient (Wildman–Crippen LogP) is 11.3. The Morgan fingerprint density at radius 2 is 1.28 bits per heavy atom. The highest BCUT2D eigenvalue weighted by Gasteiger charge is 2.82. The molecule has 2 aliphatic rings. The summed E-state index contributed by atoms with van der Waals surface area (Å²) in [6.07, 6.45) is 1.26. The maximum atomic E-state index is 15.7. The van der Waals surface area contributed by atoms with Gasteiger partial charge in [-0.25, -0.2) is 21.8 Å². The topological polar surface area (TPSA) is 192 Å². The summed E-state index contributed by atoms with van der Waals surface area (Å²) in [4.78, 5) is 3.76. The minimum absolute atomic E-state index is 0.00685. The van der Waals surface area contributed by atoms with E-state index in [1.807, 2.05) is 58.9 Å².